The minimum absolute atomic E-state index is 0.483. The van der Waals surface area contributed by atoms with Gasteiger partial charge in [0.15, 0.2) is 0 Å². The van der Waals surface area contributed by atoms with Crippen LogP contribution in [0.25, 0.3) is 0 Å². The molecule has 0 atom stereocenters. The van der Waals surface area contributed by atoms with Gasteiger partial charge in [-0.1, -0.05) is 0 Å². The van der Waals surface area contributed by atoms with Gasteiger partial charge in [0.1, 0.15) is 0 Å². The summed E-state index contributed by atoms with van der Waals surface area (Å²) in [5.41, 5.74) is 0. The van der Waals surface area contributed by atoms with Gasteiger partial charge < -0.3 is 9.59 Å². The summed E-state index contributed by atoms with van der Waals surface area (Å²) in [6.07, 6.45) is 0.706. The van der Waals surface area contributed by atoms with Gasteiger partial charge in [-0.05, 0) is 19.0 Å². The average molecular weight is 155 g/mol. The maximum absolute atomic E-state index is 8.78. The van der Waals surface area contributed by atoms with E-state index in [0.29, 0.717) is 18.3 Å². The van der Waals surface area contributed by atoms with Gasteiger partial charge in [0.05, 0.1) is 0 Å². The lowest BCUT2D eigenvalue weighted by atomic mass is 10.6. The molecule has 0 aliphatic heterocycles. The predicted molar refractivity (Wildman–Crippen MR) is 36.2 cm³/mol. The molecule has 50 valence electrons. The van der Waals surface area contributed by atoms with Crippen LogP contribution in [0.2, 0.25) is 12.6 Å². The zero-order chi connectivity index (χ0) is 6.62. The fraction of sp³-hybridized carbons (Fsp3) is 1.00. The zero-order valence-corrected chi connectivity index (χ0v) is 6.65. The van der Waals surface area contributed by atoms with Crippen molar-refractivity contribution in [3.05, 3.63) is 0 Å². The van der Waals surface area contributed by atoms with E-state index in [1.807, 2.05) is 0 Å². The van der Waals surface area contributed by atoms with Gasteiger partial charge in [0.25, 0.3) is 0 Å². The van der Waals surface area contributed by atoms with Crippen LogP contribution in [0.4, 0.5) is 0 Å². The molecule has 0 aromatic carbocycles. The standard InChI is InChI=1S/C4H11ClO2Si/c1-8(6,7)4-2-3-5/h6-7H,2-4H2,1H3. The highest BCUT2D eigenvalue weighted by Gasteiger charge is 2.19. The third-order valence-corrected chi connectivity index (χ3v) is 2.35. The molecule has 0 rings (SSSR count). The Morgan fingerprint density at radius 1 is 1.50 bits per heavy atom. The van der Waals surface area contributed by atoms with Gasteiger partial charge in [-0.15, -0.1) is 11.6 Å². The summed E-state index contributed by atoms with van der Waals surface area (Å²) in [6, 6.07) is 0.483. The minimum Gasteiger partial charge on any atom is -0.411 e. The van der Waals surface area contributed by atoms with Crippen LogP contribution in [0.5, 0.6) is 0 Å². The smallest absolute Gasteiger partial charge is 0.329 e. The van der Waals surface area contributed by atoms with Gasteiger partial charge >= 0.3 is 8.56 Å². The van der Waals surface area contributed by atoms with Gasteiger partial charge in [0, 0.05) is 5.88 Å². The summed E-state index contributed by atoms with van der Waals surface area (Å²) in [6.45, 7) is 1.49. The second-order valence-electron chi connectivity index (χ2n) is 2.01. The third-order valence-electron chi connectivity index (χ3n) is 0.784. The van der Waals surface area contributed by atoms with Crippen molar-refractivity contribution < 1.29 is 9.59 Å². The number of hydrogen-bond acceptors (Lipinski definition) is 2. The summed E-state index contributed by atoms with van der Waals surface area (Å²) < 4.78 is 0. The van der Waals surface area contributed by atoms with Crippen molar-refractivity contribution in [1.29, 1.82) is 0 Å². The first-order chi connectivity index (χ1) is 3.56. The van der Waals surface area contributed by atoms with Gasteiger partial charge in [0.2, 0.25) is 0 Å². The number of halogens is 1. The van der Waals surface area contributed by atoms with Crippen molar-refractivity contribution in [2.75, 3.05) is 5.88 Å². The van der Waals surface area contributed by atoms with Crippen LogP contribution in [0.1, 0.15) is 6.42 Å². The molecule has 0 heterocycles. The Kier molecular flexibility index (Phi) is 3.64. The molecule has 0 aliphatic carbocycles. The number of alkyl halides is 1. The van der Waals surface area contributed by atoms with Crippen LogP contribution in [0, 0.1) is 0 Å². The topological polar surface area (TPSA) is 40.5 Å². The molecule has 0 saturated heterocycles. The van der Waals surface area contributed by atoms with E-state index in [-0.39, 0.29) is 0 Å². The molecule has 2 nitrogen and oxygen atoms in total. The monoisotopic (exact) mass is 154 g/mol. The molecule has 0 unspecified atom stereocenters. The van der Waals surface area contributed by atoms with E-state index in [2.05, 4.69) is 0 Å². The Bertz CT molecular complexity index is 61.5. The number of hydrogen-bond donors (Lipinski definition) is 2. The normalized spacial score (nSPS) is 12.0. The highest BCUT2D eigenvalue weighted by molar-refractivity contribution is 6.63. The lowest BCUT2D eigenvalue weighted by Crippen LogP contribution is -2.29. The van der Waals surface area contributed by atoms with Crippen LogP contribution < -0.4 is 0 Å². The van der Waals surface area contributed by atoms with E-state index < -0.39 is 8.56 Å². The first kappa shape index (κ1) is 8.43. The second kappa shape index (κ2) is 3.45. The molecular formula is C4H11ClO2Si. The van der Waals surface area contributed by atoms with Crippen molar-refractivity contribution in [3.63, 3.8) is 0 Å². The SMILES string of the molecule is C[Si](O)(O)CCCCl. The van der Waals surface area contributed by atoms with E-state index in [1.54, 1.807) is 0 Å². The lowest BCUT2D eigenvalue weighted by Gasteiger charge is -2.08. The molecule has 8 heavy (non-hydrogen) atoms. The molecule has 0 amide bonds. The zero-order valence-electron chi connectivity index (χ0n) is 4.89. The highest BCUT2D eigenvalue weighted by atomic mass is 35.5. The first-order valence-electron chi connectivity index (χ1n) is 2.57. The van der Waals surface area contributed by atoms with Crippen LogP contribution in [-0.2, 0) is 0 Å². The van der Waals surface area contributed by atoms with E-state index in [9.17, 15) is 0 Å². The van der Waals surface area contributed by atoms with E-state index >= 15 is 0 Å². The number of rotatable bonds is 3. The van der Waals surface area contributed by atoms with Crippen LogP contribution in [0.15, 0.2) is 0 Å². The highest BCUT2D eigenvalue weighted by Crippen LogP contribution is 2.04. The maximum atomic E-state index is 8.78. The Morgan fingerprint density at radius 2 is 2.00 bits per heavy atom. The van der Waals surface area contributed by atoms with E-state index in [4.69, 9.17) is 21.2 Å². The Balaban J connectivity index is 3.11. The molecule has 0 spiro atoms. The van der Waals surface area contributed by atoms with Crippen LogP contribution >= 0.6 is 11.6 Å². The van der Waals surface area contributed by atoms with Crippen molar-refractivity contribution in [2.24, 2.45) is 0 Å². The summed E-state index contributed by atoms with van der Waals surface area (Å²) in [5, 5.41) is 0. The summed E-state index contributed by atoms with van der Waals surface area (Å²) >= 11 is 5.31. The molecular weight excluding hydrogens is 144 g/mol. The fourth-order valence-electron chi connectivity index (χ4n) is 0.402. The Morgan fingerprint density at radius 3 is 2.12 bits per heavy atom. The predicted octanol–water partition coefficient (Wildman–Crippen LogP) is 0.672. The third kappa shape index (κ3) is 6.43. The van der Waals surface area contributed by atoms with Gasteiger partial charge in [-0.25, -0.2) is 0 Å². The summed E-state index contributed by atoms with van der Waals surface area (Å²) in [7, 11) is -2.76. The Hall–Kier alpha value is 0.427. The van der Waals surface area contributed by atoms with Crippen molar-refractivity contribution >= 4 is 20.2 Å². The Labute approximate surface area is 55.4 Å². The molecule has 0 fully saturated rings. The lowest BCUT2D eigenvalue weighted by molar-refractivity contribution is 0.369. The largest absolute Gasteiger partial charge is 0.411 e. The van der Waals surface area contributed by atoms with E-state index in [1.165, 1.54) is 6.55 Å². The molecule has 0 saturated carbocycles. The quantitative estimate of drug-likeness (QED) is 0.464. The molecule has 0 aromatic heterocycles. The van der Waals surface area contributed by atoms with Crippen molar-refractivity contribution in [2.45, 2.75) is 19.0 Å². The molecule has 0 aromatic rings. The molecule has 0 bridgehead atoms. The average Bonchev–Trinajstić information content (AvgIpc) is 1.59. The van der Waals surface area contributed by atoms with Crippen molar-refractivity contribution in [3.8, 4) is 0 Å². The second-order valence-corrected chi connectivity index (χ2v) is 5.32. The van der Waals surface area contributed by atoms with Gasteiger partial charge in [-0.2, -0.15) is 0 Å². The summed E-state index contributed by atoms with van der Waals surface area (Å²) in [4.78, 5) is 17.6. The van der Waals surface area contributed by atoms with Crippen LogP contribution in [-0.4, -0.2) is 24.0 Å². The minimum atomic E-state index is -2.76. The first-order valence-corrected chi connectivity index (χ1v) is 5.70. The van der Waals surface area contributed by atoms with Crippen LogP contribution in [0.3, 0.4) is 0 Å². The maximum Gasteiger partial charge on any atom is 0.329 e. The molecule has 2 N–H and O–H groups in total. The molecule has 0 radical (unpaired) electrons. The van der Waals surface area contributed by atoms with E-state index in [0.717, 1.165) is 0 Å². The van der Waals surface area contributed by atoms with Gasteiger partial charge in [-0.3, -0.25) is 0 Å². The molecule has 4 heteroatoms. The molecule has 0 aliphatic rings. The van der Waals surface area contributed by atoms with Crippen molar-refractivity contribution in [1.82, 2.24) is 0 Å². The summed E-state index contributed by atoms with van der Waals surface area (Å²) in [5.74, 6) is 0.518. The fourth-order valence-corrected chi connectivity index (χ4v) is 1.61.